The van der Waals surface area contributed by atoms with Crippen molar-refractivity contribution in [1.29, 1.82) is 0 Å². The molecule has 1 fully saturated rings. The fourth-order valence-electron chi connectivity index (χ4n) is 6.73. The number of thiazole rings is 1. The molecule has 4 N–H and O–H groups in total. The Morgan fingerprint density at radius 2 is 1.64 bits per heavy atom. The van der Waals surface area contributed by atoms with Crippen LogP contribution in [0.4, 0.5) is 37.1 Å². The van der Waals surface area contributed by atoms with Gasteiger partial charge in [-0.05, 0) is 71.0 Å². The largest absolute Gasteiger partial charge is 0.368 e. The Kier molecular flexibility index (Phi) is 11.7. The molecule has 4 aromatic heterocycles. The first-order valence-corrected chi connectivity index (χ1v) is 19.5. The van der Waals surface area contributed by atoms with E-state index < -0.39 is 23.4 Å². The summed E-state index contributed by atoms with van der Waals surface area (Å²) in [5.41, 5.74) is 3.29. The van der Waals surface area contributed by atoms with Crippen LogP contribution in [-0.4, -0.2) is 91.4 Å². The van der Waals surface area contributed by atoms with Crippen LogP contribution in [0.15, 0.2) is 60.9 Å². The number of anilines is 5. The third kappa shape index (κ3) is 8.92. The quantitative estimate of drug-likeness (QED) is 0.114. The zero-order valence-corrected chi connectivity index (χ0v) is 33.4. The van der Waals surface area contributed by atoms with Crippen molar-refractivity contribution in [2.75, 3.05) is 60.1 Å². The van der Waals surface area contributed by atoms with Crippen LogP contribution in [0, 0.1) is 32.4 Å². The number of nitrogens with one attached hydrogen (secondary N) is 4. The minimum absolute atomic E-state index is 0.0208. The molecule has 18 heteroatoms. The lowest BCUT2D eigenvalue weighted by Crippen LogP contribution is -2.50. The lowest BCUT2D eigenvalue weighted by atomic mass is 10.1. The minimum Gasteiger partial charge on any atom is -0.368 e. The fraction of sp³-hybridized carbons (Fsp3) is 0.300. The molecule has 0 spiro atoms. The summed E-state index contributed by atoms with van der Waals surface area (Å²) in [6, 6.07) is 13.2. The monoisotopic (exact) mass is 808 g/mol. The van der Waals surface area contributed by atoms with Crippen LogP contribution < -0.4 is 26.2 Å². The van der Waals surface area contributed by atoms with Gasteiger partial charge in [0.15, 0.2) is 16.8 Å². The van der Waals surface area contributed by atoms with E-state index in [1.165, 1.54) is 17.4 Å². The number of hydrogen-bond donors (Lipinski definition) is 4. The van der Waals surface area contributed by atoms with Crippen LogP contribution in [0.3, 0.4) is 0 Å². The van der Waals surface area contributed by atoms with Crippen molar-refractivity contribution in [3.63, 3.8) is 0 Å². The second-order valence-corrected chi connectivity index (χ2v) is 15.3. The molecule has 0 atom stereocenters. The number of rotatable bonds is 12. The summed E-state index contributed by atoms with van der Waals surface area (Å²) in [5, 5.41) is 11.6. The van der Waals surface area contributed by atoms with E-state index in [1.54, 1.807) is 49.5 Å². The van der Waals surface area contributed by atoms with Crippen molar-refractivity contribution >= 4 is 68.4 Å². The van der Waals surface area contributed by atoms with E-state index in [-0.39, 0.29) is 53.3 Å². The number of carbonyl (C=O) groups is 3. The molecule has 58 heavy (non-hydrogen) atoms. The molecule has 0 saturated carbocycles. The SMILES string of the molecule is Cc1nc(NC(=O)c2ccccc2NC(=O)CNC(=O)CN2CCN(c3ccc(Nc4ncc(F)c(-c5cc(F)c6nc(C)n(C(C)C)c6c5)n4)nc3)CC2)sc1C. The van der Waals surface area contributed by atoms with Gasteiger partial charge in [-0.25, -0.2) is 33.7 Å². The second-order valence-electron chi connectivity index (χ2n) is 14.1. The highest BCUT2D eigenvalue weighted by molar-refractivity contribution is 7.15. The van der Waals surface area contributed by atoms with Gasteiger partial charge in [-0.3, -0.25) is 24.6 Å². The summed E-state index contributed by atoms with van der Waals surface area (Å²) in [6.07, 6.45) is 2.74. The second kappa shape index (κ2) is 17.0. The fourth-order valence-corrected chi connectivity index (χ4v) is 7.54. The molecule has 15 nitrogen and oxygen atoms in total. The van der Waals surface area contributed by atoms with Crippen LogP contribution in [0.25, 0.3) is 22.3 Å². The lowest BCUT2D eigenvalue weighted by molar-refractivity contribution is -0.125. The number of nitrogens with zero attached hydrogens (tertiary/aromatic N) is 8. The first-order chi connectivity index (χ1) is 27.8. The van der Waals surface area contributed by atoms with E-state index in [0.29, 0.717) is 54.2 Å². The summed E-state index contributed by atoms with van der Waals surface area (Å²) >= 11 is 1.37. The van der Waals surface area contributed by atoms with Crippen LogP contribution >= 0.6 is 11.3 Å². The van der Waals surface area contributed by atoms with Gasteiger partial charge < -0.3 is 25.4 Å². The average molecular weight is 809 g/mol. The number of aromatic nitrogens is 6. The number of carbonyl (C=O) groups excluding carboxylic acids is 3. The number of halogens is 2. The van der Waals surface area contributed by atoms with Gasteiger partial charge in [-0.1, -0.05) is 12.1 Å². The molecule has 1 aliphatic rings. The maximum absolute atomic E-state index is 15.1. The normalized spacial score (nSPS) is 13.2. The molecule has 0 radical (unpaired) electrons. The number of piperazine rings is 1. The van der Waals surface area contributed by atoms with Gasteiger partial charge in [-0.2, -0.15) is 0 Å². The highest BCUT2D eigenvalue weighted by Crippen LogP contribution is 2.31. The number of benzene rings is 2. The predicted octanol–water partition coefficient (Wildman–Crippen LogP) is 6.00. The smallest absolute Gasteiger partial charge is 0.259 e. The molecule has 300 valence electrons. The number of para-hydroxylation sites is 1. The van der Waals surface area contributed by atoms with Gasteiger partial charge in [-0.15, -0.1) is 11.3 Å². The molecular weight excluding hydrogens is 767 g/mol. The highest BCUT2D eigenvalue weighted by atomic mass is 32.1. The molecule has 1 aliphatic heterocycles. The first kappa shape index (κ1) is 39.8. The zero-order valence-electron chi connectivity index (χ0n) is 32.6. The number of amides is 3. The molecule has 3 amide bonds. The Labute approximate surface area is 337 Å². The van der Waals surface area contributed by atoms with E-state index in [1.807, 2.05) is 43.2 Å². The van der Waals surface area contributed by atoms with E-state index in [0.717, 1.165) is 22.5 Å². The van der Waals surface area contributed by atoms with Gasteiger partial charge in [0.1, 0.15) is 22.9 Å². The highest BCUT2D eigenvalue weighted by Gasteiger charge is 2.22. The van der Waals surface area contributed by atoms with Crippen molar-refractivity contribution in [1.82, 2.24) is 39.7 Å². The first-order valence-electron chi connectivity index (χ1n) is 18.6. The Morgan fingerprint density at radius 1 is 0.862 bits per heavy atom. The molecular formula is C40H42F2N12O3S. The van der Waals surface area contributed by atoms with Crippen LogP contribution in [0.1, 0.15) is 46.6 Å². The number of fused-ring (bicyclic) bond motifs is 1. The molecule has 0 bridgehead atoms. The van der Waals surface area contributed by atoms with Crippen molar-refractivity contribution in [3.05, 3.63) is 94.5 Å². The van der Waals surface area contributed by atoms with Gasteiger partial charge in [0, 0.05) is 42.7 Å². The van der Waals surface area contributed by atoms with Crippen molar-refractivity contribution in [2.24, 2.45) is 0 Å². The molecule has 7 rings (SSSR count). The molecule has 2 aromatic carbocycles. The van der Waals surface area contributed by atoms with Crippen molar-refractivity contribution in [3.8, 4) is 11.3 Å². The van der Waals surface area contributed by atoms with Crippen LogP contribution in [-0.2, 0) is 9.59 Å². The maximum Gasteiger partial charge on any atom is 0.259 e. The summed E-state index contributed by atoms with van der Waals surface area (Å²) in [7, 11) is 0. The van der Waals surface area contributed by atoms with Crippen molar-refractivity contribution < 1.29 is 23.2 Å². The molecule has 0 aliphatic carbocycles. The standard InChI is InChI=1S/C40H42F2N12O3S/c1-22(2)54-25(5)47-37-29(41)16-26(17-32(37)54)36-30(42)19-45-39(50-36)49-33-11-10-27(18-43-33)53-14-12-52(13-15-53)21-35(56)44-20-34(55)48-31-9-7-6-8-28(31)38(57)51-40-46-23(3)24(4)58-40/h6-11,16-19,22H,12-15,20-21H2,1-5H3,(H,44,56)(H,48,55)(H,46,51,57)(H,43,45,49,50). The molecule has 0 unspecified atom stereocenters. The number of aryl methyl sites for hydroxylation is 3. The lowest BCUT2D eigenvalue weighted by Gasteiger charge is -2.35. The van der Waals surface area contributed by atoms with E-state index in [2.05, 4.69) is 51.1 Å². The van der Waals surface area contributed by atoms with Gasteiger partial charge >= 0.3 is 0 Å². The molecule has 5 heterocycles. The van der Waals surface area contributed by atoms with Crippen LogP contribution in [0.2, 0.25) is 0 Å². The average Bonchev–Trinajstić information content (AvgIpc) is 3.71. The van der Waals surface area contributed by atoms with E-state index in [9.17, 15) is 14.4 Å². The van der Waals surface area contributed by atoms with Gasteiger partial charge in [0.05, 0.1) is 53.6 Å². The zero-order chi connectivity index (χ0) is 41.1. The maximum atomic E-state index is 15.1. The van der Waals surface area contributed by atoms with E-state index in [4.69, 9.17) is 0 Å². The summed E-state index contributed by atoms with van der Waals surface area (Å²) in [5.74, 6) is -1.23. The number of imidazole rings is 1. The third-order valence-corrected chi connectivity index (χ3v) is 10.7. The summed E-state index contributed by atoms with van der Waals surface area (Å²) < 4.78 is 32.0. The molecule has 1 saturated heterocycles. The molecule has 6 aromatic rings. The Morgan fingerprint density at radius 3 is 2.34 bits per heavy atom. The van der Waals surface area contributed by atoms with Gasteiger partial charge in [0.2, 0.25) is 17.8 Å². The number of hydrogen-bond acceptors (Lipinski definition) is 12. The topological polar surface area (TPSA) is 175 Å². The Bertz CT molecular complexity index is 2480. The Balaban J connectivity index is 0.884. The summed E-state index contributed by atoms with van der Waals surface area (Å²) in [6.45, 7) is 11.9. The Hall–Kier alpha value is -6.40. The van der Waals surface area contributed by atoms with E-state index >= 15 is 8.78 Å². The van der Waals surface area contributed by atoms with Gasteiger partial charge in [0.25, 0.3) is 5.91 Å². The number of pyridine rings is 1. The third-order valence-electron chi connectivity index (χ3n) is 9.69. The van der Waals surface area contributed by atoms with Crippen LogP contribution in [0.5, 0.6) is 0 Å². The predicted molar refractivity (Wildman–Crippen MR) is 220 cm³/mol. The summed E-state index contributed by atoms with van der Waals surface area (Å²) in [4.78, 5) is 65.2. The van der Waals surface area contributed by atoms with Crippen molar-refractivity contribution in [2.45, 2.75) is 40.7 Å². The minimum atomic E-state index is -0.695.